The highest BCUT2D eigenvalue weighted by atomic mass is 32.2. The summed E-state index contributed by atoms with van der Waals surface area (Å²) in [5.74, 6) is -0.646. The third-order valence-electron chi connectivity index (χ3n) is 5.08. The summed E-state index contributed by atoms with van der Waals surface area (Å²) in [4.78, 5) is 30.0. The number of nitrogens with zero attached hydrogens (tertiary/aromatic N) is 2. The molecule has 11 heteroatoms. The van der Waals surface area contributed by atoms with Gasteiger partial charge in [-0.1, -0.05) is 18.6 Å². The molecule has 0 radical (unpaired) electrons. The Bertz CT molecular complexity index is 1230. The zero-order valence-corrected chi connectivity index (χ0v) is 19.0. The quantitative estimate of drug-likeness (QED) is 0.549. The highest BCUT2D eigenvalue weighted by molar-refractivity contribution is 7.89. The van der Waals surface area contributed by atoms with Gasteiger partial charge in [0.25, 0.3) is 11.8 Å². The second kappa shape index (κ2) is 9.23. The molecule has 0 atom stereocenters. The Labute approximate surface area is 189 Å². The number of benzene rings is 1. The molecule has 3 heterocycles. The van der Waals surface area contributed by atoms with Gasteiger partial charge in [-0.3, -0.25) is 20.4 Å². The summed E-state index contributed by atoms with van der Waals surface area (Å²) >= 11 is 1.43. The van der Waals surface area contributed by atoms with Gasteiger partial charge in [-0.25, -0.2) is 13.4 Å². The molecule has 2 N–H and O–H groups in total. The maximum atomic E-state index is 12.9. The number of oxazole rings is 1. The van der Waals surface area contributed by atoms with Crippen molar-refractivity contribution in [2.75, 3.05) is 13.1 Å². The molecular weight excluding hydrogens is 452 g/mol. The number of hydrogen-bond acceptors (Lipinski definition) is 7. The maximum Gasteiger partial charge on any atom is 0.291 e. The molecule has 0 saturated carbocycles. The van der Waals surface area contributed by atoms with E-state index in [1.54, 1.807) is 6.92 Å². The zero-order valence-electron chi connectivity index (χ0n) is 17.3. The minimum absolute atomic E-state index is 0.0475. The first-order valence-corrected chi connectivity index (χ1v) is 12.4. The van der Waals surface area contributed by atoms with Gasteiger partial charge >= 0.3 is 0 Å². The Morgan fingerprint density at radius 2 is 1.81 bits per heavy atom. The Kier molecular flexibility index (Phi) is 6.40. The van der Waals surface area contributed by atoms with Crippen LogP contribution in [0.4, 0.5) is 0 Å². The lowest BCUT2D eigenvalue weighted by Crippen LogP contribution is -2.42. The van der Waals surface area contributed by atoms with Crippen molar-refractivity contribution >= 4 is 33.2 Å². The van der Waals surface area contributed by atoms with E-state index in [9.17, 15) is 18.0 Å². The first-order chi connectivity index (χ1) is 15.4. The first-order valence-electron chi connectivity index (χ1n) is 10.1. The van der Waals surface area contributed by atoms with Crippen LogP contribution in [0, 0.1) is 6.92 Å². The van der Waals surface area contributed by atoms with Gasteiger partial charge in [-0.2, -0.15) is 4.31 Å². The highest BCUT2D eigenvalue weighted by Gasteiger charge is 2.26. The van der Waals surface area contributed by atoms with Crippen LogP contribution >= 0.6 is 11.3 Å². The van der Waals surface area contributed by atoms with E-state index >= 15 is 0 Å². The molecule has 32 heavy (non-hydrogen) atoms. The van der Waals surface area contributed by atoms with Gasteiger partial charge in [0.05, 0.1) is 9.77 Å². The number of aromatic nitrogens is 1. The number of carbonyl (C=O) groups excluding carboxylic acids is 2. The molecule has 1 aromatic carbocycles. The number of carbonyl (C=O) groups is 2. The zero-order chi connectivity index (χ0) is 22.7. The standard InChI is InChI=1S/C21H22N4O5S2/c1-14-18(22-21(30-14)17-9-6-12-31-17)20(27)24-23-19(26)15-7-5-8-16(13-15)32(28,29)25-10-3-2-4-11-25/h5-9,12-13H,2-4,10-11H2,1H3,(H,23,26)(H,24,27). The summed E-state index contributed by atoms with van der Waals surface area (Å²) < 4.78 is 32.7. The van der Waals surface area contributed by atoms with Crippen molar-refractivity contribution in [3.8, 4) is 10.8 Å². The van der Waals surface area contributed by atoms with Gasteiger partial charge in [0.15, 0.2) is 5.69 Å². The van der Waals surface area contributed by atoms with E-state index in [-0.39, 0.29) is 16.2 Å². The number of amides is 2. The van der Waals surface area contributed by atoms with Gasteiger partial charge in [-0.05, 0) is 49.4 Å². The lowest BCUT2D eigenvalue weighted by atomic mass is 10.2. The summed E-state index contributed by atoms with van der Waals surface area (Å²) in [7, 11) is -3.67. The fourth-order valence-electron chi connectivity index (χ4n) is 3.41. The normalized spacial score (nSPS) is 14.8. The van der Waals surface area contributed by atoms with E-state index in [1.165, 1.54) is 39.9 Å². The van der Waals surface area contributed by atoms with Gasteiger partial charge < -0.3 is 4.42 Å². The second-order valence-corrected chi connectivity index (χ2v) is 10.2. The van der Waals surface area contributed by atoms with Crippen molar-refractivity contribution in [2.24, 2.45) is 0 Å². The monoisotopic (exact) mass is 474 g/mol. The minimum Gasteiger partial charge on any atom is -0.440 e. The largest absolute Gasteiger partial charge is 0.440 e. The fraction of sp³-hybridized carbons (Fsp3) is 0.286. The average Bonchev–Trinajstić information content (AvgIpc) is 3.48. The molecular formula is C21H22N4O5S2. The number of piperidine rings is 1. The lowest BCUT2D eigenvalue weighted by molar-refractivity contribution is 0.0843. The van der Waals surface area contributed by atoms with Crippen LogP contribution in [0.3, 0.4) is 0 Å². The van der Waals surface area contributed by atoms with Gasteiger partial charge in [0.2, 0.25) is 15.9 Å². The number of rotatable bonds is 5. The summed E-state index contributed by atoms with van der Waals surface area (Å²) in [6.07, 6.45) is 2.65. The number of sulfonamides is 1. The van der Waals surface area contributed by atoms with Crippen LogP contribution < -0.4 is 10.9 Å². The molecule has 168 valence electrons. The first kappa shape index (κ1) is 22.2. The predicted molar refractivity (Wildman–Crippen MR) is 119 cm³/mol. The van der Waals surface area contributed by atoms with E-state index in [2.05, 4.69) is 15.8 Å². The van der Waals surface area contributed by atoms with Crippen LogP contribution in [-0.2, 0) is 10.0 Å². The molecule has 1 aliphatic rings. The van der Waals surface area contributed by atoms with Crippen molar-refractivity contribution in [2.45, 2.75) is 31.1 Å². The Hall–Kier alpha value is -3.02. The van der Waals surface area contributed by atoms with Crippen LogP contribution in [-0.4, -0.2) is 42.6 Å². The van der Waals surface area contributed by atoms with Crippen LogP contribution in [0.15, 0.2) is 51.1 Å². The number of hydrogen-bond donors (Lipinski definition) is 2. The lowest BCUT2D eigenvalue weighted by Gasteiger charge is -2.26. The third kappa shape index (κ3) is 4.59. The van der Waals surface area contributed by atoms with Crippen LogP contribution in [0.2, 0.25) is 0 Å². The Balaban J connectivity index is 1.43. The average molecular weight is 475 g/mol. The fourth-order valence-corrected chi connectivity index (χ4v) is 5.62. The summed E-state index contributed by atoms with van der Waals surface area (Å²) in [5.41, 5.74) is 4.76. The molecule has 0 aliphatic carbocycles. The van der Waals surface area contributed by atoms with Crippen LogP contribution in [0.1, 0.15) is 45.9 Å². The second-order valence-electron chi connectivity index (χ2n) is 7.30. The molecule has 9 nitrogen and oxygen atoms in total. The van der Waals surface area contributed by atoms with Crippen molar-refractivity contribution in [3.63, 3.8) is 0 Å². The Morgan fingerprint density at radius 1 is 1.06 bits per heavy atom. The van der Waals surface area contributed by atoms with Gasteiger partial charge in [0.1, 0.15) is 5.76 Å². The number of aryl methyl sites for hydroxylation is 1. The van der Waals surface area contributed by atoms with Crippen LogP contribution in [0.5, 0.6) is 0 Å². The van der Waals surface area contributed by atoms with Crippen molar-refractivity contribution in [3.05, 3.63) is 58.8 Å². The Morgan fingerprint density at radius 3 is 2.53 bits per heavy atom. The van der Waals surface area contributed by atoms with E-state index in [0.29, 0.717) is 24.7 Å². The van der Waals surface area contributed by atoms with E-state index in [0.717, 1.165) is 24.1 Å². The minimum atomic E-state index is -3.67. The van der Waals surface area contributed by atoms with E-state index in [4.69, 9.17) is 4.42 Å². The van der Waals surface area contributed by atoms with Gasteiger partial charge in [0, 0.05) is 18.7 Å². The molecule has 0 unspecified atom stereocenters. The summed E-state index contributed by atoms with van der Waals surface area (Å²) in [6, 6.07) is 9.42. The van der Waals surface area contributed by atoms with Gasteiger partial charge in [-0.15, -0.1) is 11.3 Å². The number of hydrazine groups is 1. The molecule has 0 spiro atoms. The van der Waals surface area contributed by atoms with E-state index in [1.807, 2.05) is 17.5 Å². The molecule has 2 amide bonds. The van der Waals surface area contributed by atoms with Crippen molar-refractivity contribution in [1.29, 1.82) is 0 Å². The molecule has 1 saturated heterocycles. The maximum absolute atomic E-state index is 12.9. The number of thiophene rings is 1. The molecule has 1 aliphatic heterocycles. The summed E-state index contributed by atoms with van der Waals surface area (Å²) in [6.45, 7) is 2.55. The van der Waals surface area contributed by atoms with Crippen molar-refractivity contribution < 1.29 is 22.4 Å². The molecule has 1 fully saturated rings. The molecule has 0 bridgehead atoms. The highest BCUT2D eigenvalue weighted by Crippen LogP contribution is 2.26. The molecule has 3 aromatic rings. The molecule has 4 rings (SSSR count). The predicted octanol–water partition coefficient (Wildman–Crippen LogP) is 2.96. The van der Waals surface area contributed by atoms with Crippen molar-refractivity contribution in [1.82, 2.24) is 20.1 Å². The smallest absolute Gasteiger partial charge is 0.291 e. The van der Waals surface area contributed by atoms with Crippen LogP contribution in [0.25, 0.3) is 10.8 Å². The SMILES string of the molecule is Cc1oc(-c2cccs2)nc1C(=O)NNC(=O)c1cccc(S(=O)(=O)N2CCCCC2)c1. The van der Waals surface area contributed by atoms with E-state index < -0.39 is 21.8 Å². The summed E-state index contributed by atoms with van der Waals surface area (Å²) in [5, 5.41) is 1.87. The number of nitrogens with one attached hydrogen (secondary N) is 2. The molecule has 2 aromatic heterocycles. The third-order valence-corrected chi connectivity index (χ3v) is 7.83. The topological polar surface area (TPSA) is 122 Å².